The maximum atomic E-state index is 12.3. The number of anilines is 1. The zero-order valence-corrected chi connectivity index (χ0v) is 17.2. The monoisotopic (exact) mass is 394 g/mol. The molecule has 0 aliphatic rings. The van der Waals surface area contributed by atoms with E-state index in [1.54, 1.807) is 42.5 Å². The fourth-order valence-corrected chi connectivity index (χ4v) is 2.82. The Hall–Kier alpha value is -3.15. The Labute approximate surface area is 170 Å². The molecule has 0 fully saturated rings. The van der Waals surface area contributed by atoms with Crippen molar-refractivity contribution in [3.63, 3.8) is 0 Å². The van der Waals surface area contributed by atoms with E-state index < -0.39 is 0 Å². The second-order valence-electron chi connectivity index (χ2n) is 7.88. The number of oxazole rings is 1. The van der Waals surface area contributed by atoms with Gasteiger partial charge in [-0.15, -0.1) is 0 Å². The molecular weight excluding hydrogens is 368 g/mol. The number of nitrogens with zero attached hydrogens (tertiary/aromatic N) is 1. The molecule has 29 heavy (non-hydrogen) atoms. The van der Waals surface area contributed by atoms with Crippen molar-refractivity contribution in [1.82, 2.24) is 4.98 Å². The molecule has 0 bridgehead atoms. The summed E-state index contributed by atoms with van der Waals surface area (Å²) < 4.78 is 11.1. The van der Waals surface area contributed by atoms with Crippen molar-refractivity contribution in [2.24, 2.45) is 0 Å². The van der Waals surface area contributed by atoms with Crippen LogP contribution in [0.15, 0.2) is 46.9 Å². The minimum atomic E-state index is -0.219. The van der Waals surface area contributed by atoms with Crippen LogP contribution in [0.5, 0.6) is 5.75 Å². The molecule has 1 amide bonds. The fraction of sp³-hybridized carbons (Fsp3) is 0.348. The van der Waals surface area contributed by atoms with Gasteiger partial charge in [0.1, 0.15) is 11.3 Å². The highest BCUT2D eigenvalue weighted by Crippen LogP contribution is 2.27. The average Bonchev–Trinajstić information content (AvgIpc) is 3.11. The van der Waals surface area contributed by atoms with Gasteiger partial charge in [0.25, 0.3) is 0 Å². The summed E-state index contributed by atoms with van der Waals surface area (Å²) in [6.07, 6.45) is 0.246. The Balaban J connectivity index is 1.58. The summed E-state index contributed by atoms with van der Waals surface area (Å²) in [5, 5.41) is 2.82. The number of fused-ring (bicyclic) bond motifs is 1. The molecule has 1 N–H and O–H groups in total. The van der Waals surface area contributed by atoms with E-state index in [0.717, 1.165) is 5.75 Å². The van der Waals surface area contributed by atoms with E-state index >= 15 is 0 Å². The van der Waals surface area contributed by atoms with Crippen LogP contribution in [0.2, 0.25) is 0 Å². The van der Waals surface area contributed by atoms with Crippen molar-refractivity contribution >= 4 is 28.5 Å². The maximum Gasteiger partial charge on any atom is 0.224 e. The summed E-state index contributed by atoms with van der Waals surface area (Å²) in [4.78, 5) is 29.1. The number of ether oxygens (including phenoxy) is 1. The number of carbonyl (C=O) groups is 2. The molecule has 0 saturated heterocycles. The summed E-state index contributed by atoms with van der Waals surface area (Å²) >= 11 is 0. The Bertz CT molecular complexity index is 1010. The third kappa shape index (κ3) is 5.22. The van der Waals surface area contributed by atoms with Crippen LogP contribution in [-0.4, -0.2) is 23.3 Å². The summed E-state index contributed by atoms with van der Waals surface area (Å²) in [5.41, 5.74) is 2.38. The SMILES string of the molecule is CCOc1ccc(C(=O)CCC(=O)Nc2ccc3oc(C(C)(C)C)nc3c2)cc1. The number of rotatable bonds is 7. The highest BCUT2D eigenvalue weighted by molar-refractivity contribution is 6.00. The predicted octanol–water partition coefficient (Wildman–Crippen LogP) is 5.13. The lowest BCUT2D eigenvalue weighted by molar-refractivity contribution is -0.116. The molecular formula is C23H26N2O4. The topological polar surface area (TPSA) is 81.4 Å². The van der Waals surface area contributed by atoms with Gasteiger partial charge in [0.2, 0.25) is 11.8 Å². The van der Waals surface area contributed by atoms with Crippen molar-refractivity contribution in [1.29, 1.82) is 0 Å². The van der Waals surface area contributed by atoms with Crippen molar-refractivity contribution in [2.75, 3.05) is 11.9 Å². The largest absolute Gasteiger partial charge is 0.494 e. The van der Waals surface area contributed by atoms with E-state index in [9.17, 15) is 9.59 Å². The quantitative estimate of drug-likeness (QED) is 0.562. The summed E-state index contributed by atoms with van der Waals surface area (Å²) in [6.45, 7) is 8.57. The van der Waals surface area contributed by atoms with Gasteiger partial charge in [-0.25, -0.2) is 4.98 Å². The molecule has 0 unspecified atom stereocenters. The fourth-order valence-electron chi connectivity index (χ4n) is 2.82. The molecule has 0 radical (unpaired) electrons. The van der Waals surface area contributed by atoms with Crippen molar-refractivity contribution in [2.45, 2.75) is 46.0 Å². The number of carbonyl (C=O) groups excluding carboxylic acids is 2. The minimum Gasteiger partial charge on any atom is -0.494 e. The van der Waals surface area contributed by atoms with Crippen LogP contribution in [0.4, 0.5) is 5.69 Å². The van der Waals surface area contributed by atoms with Gasteiger partial charge in [-0.2, -0.15) is 0 Å². The third-order valence-electron chi connectivity index (χ3n) is 4.38. The van der Waals surface area contributed by atoms with E-state index in [1.165, 1.54) is 0 Å². The smallest absolute Gasteiger partial charge is 0.224 e. The molecule has 0 saturated carbocycles. The first-order chi connectivity index (χ1) is 13.8. The first-order valence-electron chi connectivity index (χ1n) is 9.73. The number of aromatic nitrogens is 1. The molecule has 3 aromatic rings. The molecule has 0 aliphatic heterocycles. The molecule has 6 heteroatoms. The molecule has 0 aliphatic carbocycles. The lowest BCUT2D eigenvalue weighted by Gasteiger charge is -2.11. The van der Waals surface area contributed by atoms with Crippen molar-refractivity contribution < 1.29 is 18.7 Å². The Morgan fingerprint density at radius 1 is 1.07 bits per heavy atom. The van der Waals surface area contributed by atoms with Crippen LogP contribution < -0.4 is 10.1 Å². The van der Waals surface area contributed by atoms with Crippen molar-refractivity contribution in [3.05, 3.63) is 53.9 Å². The van der Waals surface area contributed by atoms with Crippen molar-refractivity contribution in [3.8, 4) is 5.75 Å². The predicted molar refractivity (Wildman–Crippen MR) is 113 cm³/mol. The molecule has 0 atom stereocenters. The van der Waals surface area contributed by atoms with E-state index in [2.05, 4.69) is 10.3 Å². The second-order valence-corrected chi connectivity index (χ2v) is 7.88. The van der Waals surface area contributed by atoms with Gasteiger partial charge in [0.05, 0.1) is 6.61 Å². The minimum absolute atomic E-state index is 0.0787. The van der Waals surface area contributed by atoms with E-state index in [4.69, 9.17) is 9.15 Å². The van der Waals surface area contributed by atoms with Crippen LogP contribution >= 0.6 is 0 Å². The molecule has 2 aromatic carbocycles. The highest BCUT2D eigenvalue weighted by Gasteiger charge is 2.21. The number of benzene rings is 2. The standard InChI is InChI=1S/C23H26N2O4/c1-5-28-17-9-6-15(7-10-17)19(26)11-13-21(27)24-16-8-12-20-18(14-16)25-22(29-20)23(2,3)4/h6-10,12,14H,5,11,13H2,1-4H3,(H,24,27). The highest BCUT2D eigenvalue weighted by atomic mass is 16.5. The summed E-state index contributed by atoms with van der Waals surface area (Å²) in [7, 11) is 0. The number of hydrogen-bond acceptors (Lipinski definition) is 5. The van der Waals surface area contributed by atoms with Gasteiger partial charge in [-0.1, -0.05) is 20.8 Å². The molecule has 1 aromatic heterocycles. The van der Waals surface area contributed by atoms with Crippen LogP contribution in [0.3, 0.4) is 0 Å². The number of hydrogen-bond donors (Lipinski definition) is 1. The zero-order valence-electron chi connectivity index (χ0n) is 17.2. The van der Waals surface area contributed by atoms with Crippen LogP contribution in [0.25, 0.3) is 11.1 Å². The van der Waals surface area contributed by atoms with Gasteiger partial charge in [-0.3, -0.25) is 9.59 Å². The van der Waals surface area contributed by atoms with Gasteiger partial charge < -0.3 is 14.5 Å². The number of amides is 1. The second kappa shape index (κ2) is 8.47. The summed E-state index contributed by atoms with van der Waals surface area (Å²) in [6, 6.07) is 12.3. The number of ketones is 1. The Morgan fingerprint density at radius 3 is 2.45 bits per heavy atom. The zero-order chi connectivity index (χ0) is 21.0. The molecule has 1 heterocycles. The average molecular weight is 394 g/mol. The molecule has 0 spiro atoms. The van der Waals surface area contributed by atoms with Crippen LogP contribution in [0.1, 0.15) is 56.8 Å². The van der Waals surface area contributed by atoms with Gasteiger partial charge in [0.15, 0.2) is 11.4 Å². The van der Waals surface area contributed by atoms with Gasteiger partial charge in [0, 0.05) is 29.5 Å². The lowest BCUT2D eigenvalue weighted by atomic mass is 9.97. The van der Waals surface area contributed by atoms with E-state index in [0.29, 0.717) is 34.8 Å². The van der Waals surface area contributed by atoms with Crippen LogP contribution in [0, 0.1) is 0 Å². The normalized spacial score (nSPS) is 11.4. The molecule has 6 nitrogen and oxygen atoms in total. The van der Waals surface area contributed by atoms with Crippen LogP contribution in [-0.2, 0) is 10.2 Å². The van der Waals surface area contributed by atoms with E-state index in [1.807, 2.05) is 27.7 Å². The first-order valence-corrected chi connectivity index (χ1v) is 9.73. The third-order valence-corrected chi connectivity index (χ3v) is 4.38. The van der Waals surface area contributed by atoms with Gasteiger partial charge in [-0.05, 0) is 49.4 Å². The molecule has 152 valence electrons. The van der Waals surface area contributed by atoms with E-state index in [-0.39, 0.29) is 29.9 Å². The Kier molecular flexibility index (Phi) is 6.01. The Morgan fingerprint density at radius 2 is 1.79 bits per heavy atom. The number of nitrogens with one attached hydrogen (secondary N) is 1. The lowest BCUT2D eigenvalue weighted by Crippen LogP contribution is -2.13. The van der Waals surface area contributed by atoms with Gasteiger partial charge >= 0.3 is 0 Å². The molecule has 3 rings (SSSR count). The summed E-state index contributed by atoms with van der Waals surface area (Å²) in [5.74, 6) is 1.07. The number of Topliss-reactive ketones (excluding diaryl/α,β-unsaturated/α-hetero) is 1. The first kappa shape index (κ1) is 20.6. The maximum absolute atomic E-state index is 12.3.